The Morgan fingerprint density at radius 1 is 0.688 bits per heavy atom. The number of allylic oxidation sites excluding steroid dienone is 9. The molecule has 0 unspecified atom stereocenters. The summed E-state index contributed by atoms with van der Waals surface area (Å²) in [5.41, 5.74) is 8.39. The maximum absolute atomic E-state index is 2.19. The third kappa shape index (κ3) is 5.98. The van der Waals surface area contributed by atoms with Crippen molar-refractivity contribution >= 4 is 28.7 Å². The van der Waals surface area contributed by atoms with Crippen LogP contribution < -0.4 is 9.80 Å². The zero-order valence-electron chi connectivity index (χ0n) is 20.1. The van der Waals surface area contributed by atoms with Crippen LogP contribution in [-0.4, -0.2) is 52.6 Å². The molecule has 0 amide bonds. The average Bonchev–Trinajstić information content (AvgIpc) is 2.79. The third-order valence-corrected chi connectivity index (χ3v) is 5.46. The fourth-order valence-electron chi connectivity index (χ4n) is 3.44. The van der Waals surface area contributed by atoms with Crippen LogP contribution in [0.25, 0.3) is 11.6 Å². The minimum atomic E-state index is 1.19. The van der Waals surface area contributed by atoms with E-state index in [1.165, 1.54) is 39.4 Å². The highest BCUT2D eigenvalue weighted by molar-refractivity contribution is 6.03. The van der Waals surface area contributed by atoms with Crippen molar-refractivity contribution in [3.63, 3.8) is 0 Å². The number of hydrogen-bond donors (Lipinski definition) is 0. The zero-order valence-corrected chi connectivity index (χ0v) is 20.1. The maximum atomic E-state index is 2.19. The van der Waals surface area contributed by atoms with Gasteiger partial charge in [-0.15, -0.1) is 0 Å². The van der Waals surface area contributed by atoms with Crippen molar-refractivity contribution in [3.05, 3.63) is 108 Å². The molecule has 0 saturated carbocycles. The number of rotatable bonds is 6. The molecule has 0 heterocycles. The largest absolute Gasteiger partial charge is 0.378 e. The van der Waals surface area contributed by atoms with Gasteiger partial charge in [0.2, 0.25) is 0 Å². The van der Waals surface area contributed by atoms with E-state index in [2.05, 4.69) is 154 Å². The van der Waals surface area contributed by atoms with Gasteiger partial charge in [0, 0.05) is 51.7 Å². The molecular formula is C29H34N3+. The smallest absolute Gasteiger partial charge is 0.199 e. The summed E-state index contributed by atoms with van der Waals surface area (Å²) in [6.45, 7) is 0. The lowest BCUT2D eigenvalue weighted by Gasteiger charge is -2.14. The number of benzene rings is 2. The number of hydrogen-bond acceptors (Lipinski definition) is 2. The van der Waals surface area contributed by atoms with Gasteiger partial charge >= 0.3 is 0 Å². The van der Waals surface area contributed by atoms with Crippen LogP contribution in [0.3, 0.4) is 0 Å². The SMILES string of the molecule is CN(C)c1ccc(/C=C/C=C/C(=C2C=CC(=[N+](C)C)C=C2)c2ccc(N(C)C)cc2)cc1. The summed E-state index contributed by atoms with van der Waals surface area (Å²) in [5, 5.41) is 0. The Morgan fingerprint density at radius 2 is 1.22 bits per heavy atom. The van der Waals surface area contributed by atoms with Gasteiger partial charge in [0.25, 0.3) is 0 Å². The molecule has 164 valence electrons. The van der Waals surface area contributed by atoms with E-state index in [-0.39, 0.29) is 0 Å². The van der Waals surface area contributed by atoms with Crippen LogP contribution in [0.5, 0.6) is 0 Å². The highest BCUT2D eigenvalue weighted by Gasteiger charge is 2.09. The highest BCUT2D eigenvalue weighted by Crippen LogP contribution is 2.26. The summed E-state index contributed by atoms with van der Waals surface area (Å²) >= 11 is 0. The molecule has 0 N–H and O–H groups in total. The Bertz CT molecular complexity index is 1080. The van der Waals surface area contributed by atoms with Gasteiger partial charge in [0.1, 0.15) is 14.1 Å². The zero-order chi connectivity index (χ0) is 23.1. The van der Waals surface area contributed by atoms with Gasteiger partial charge < -0.3 is 9.80 Å². The molecule has 0 radical (unpaired) electrons. The van der Waals surface area contributed by atoms with Crippen molar-refractivity contribution in [1.29, 1.82) is 0 Å². The Kier molecular flexibility index (Phi) is 7.67. The van der Waals surface area contributed by atoms with Gasteiger partial charge in [-0.2, -0.15) is 0 Å². The van der Waals surface area contributed by atoms with E-state index < -0.39 is 0 Å². The molecule has 2 aromatic carbocycles. The van der Waals surface area contributed by atoms with Crippen molar-refractivity contribution < 1.29 is 4.58 Å². The quantitative estimate of drug-likeness (QED) is 0.436. The van der Waals surface area contributed by atoms with Crippen molar-refractivity contribution in [2.45, 2.75) is 0 Å². The highest BCUT2D eigenvalue weighted by atomic mass is 15.1. The van der Waals surface area contributed by atoms with Gasteiger partial charge in [0.05, 0.1) is 0 Å². The second-order valence-corrected chi connectivity index (χ2v) is 8.50. The lowest BCUT2D eigenvalue weighted by atomic mass is 9.95. The molecule has 0 bridgehead atoms. The Balaban J connectivity index is 1.89. The minimum Gasteiger partial charge on any atom is -0.378 e. The molecule has 3 rings (SSSR count). The fraction of sp³-hybridized carbons (Fsp3) is 0.207. The Morgan fingerprint density at radius 3 is 1.72 bits per heavy atom. The van der Waals surface area contributed by atoms with E-state index in [4.69, 9.17) is 0 Å². The molecule has 0 fully saturated rings. The first-order chi connectivity index (χ1) is 15.3. The molecule has 0 spiro atoms. The summed E-state index contributed by atoms with van der Waals surface area (Å²) < 4.78 is 2.12. The molecule has 3 nitrogen and oxygen atoms in total. The fourth-order valence-corrected chi connectivity index (χ4v) is 3.44. The van der Waals surface area contributed by atoms with Crippen LogP contribution in [0.15, 0.2) is 96.6 Å². The van der Waals surface area contributed by atoms with Crippen LogP contribution in [0.2, 0.25) is 0 Å². The predicted octanol–water partition coefficient (Wildman–Crippen LogP) is 5.68. The molecule has 1 aliphatic carbocycles. The second kappa shape index (κ2) is 10.6. The van der Waals surface area contributed by atoms with Crippen molar-refractivity contribution in [2.75, 3.05) is 52.1 Å². The summed E-state index contributed by atoms with van der Waals surface area (Å²) in [5.74, 6) is 0. The molecular weight excluding hydrogens is 390 g/mol. The van der Waals surface area contributed by atoms with Crippen LogP contribution in [0.4, 0.5) is 11.4 Å². The van der Waals surface area contributed by atoms with Crippen LogP contribution in [0, 0.1) is 0 Å². The summed E-state index contributed by atoms with van der Waals surface area (Å²) in [6.07, 6.45) is 17.3. The molecule has 0 aromatic heterocycles. The molecule has 0 atom stereocenters. The first-order valence-corrected chi connectivity index (χ1v) is 10.9. The van der Waals surface area contributed by atoms with Crippen molar-refractivity contribution in [2.24, 2.45) is 0 Å². The topological polar surface area (TPSA) is 9.49 Å². The summed E-state index contributed by atoms with van der Waals surface area (Å²) in [7, 11) is 12.4. The molecule has 32 heavy (non-hydrogen) atoms. The standard InChI is InChI=1S/C29H34N3/c1-30(2)26-17-11-23(12-18-26)9-7-8-10-29(24-13-19-27(20-14-24)31(3)4)25-15-21-28(22-16-25)32(5)6/h7-22H,1-6H3/q+1. The van der Waals surface area contributed by atoms with Gasteiger partial charge in [-0.25, -0.2) is 4.58 Å². The first kappa shape index (κ1) is 23.1. The maximum Gasteiger partial charge on any atom is 0.199 e. The van der Waals surface area contributed by atoms with Crippen LogP contribution in [0.1, 0.15) is 11.1 Å². The van der Waals surface area contributed by atoms with E-state index in [1.54, 1.807) is 0 Å². The molecule has 1 aliphatic rings. The van der Waals surface area contributed by atoms with Gasteiger partial charge in [-0.05, 0) is 58.7 Å². The normalized spacial score (nSPS) is 13.3. The second-order valence-electron chi connectivity index (χ2n) is 8.50. The minimum absolute atomic E-state index is 1.19. The number of anilines is 2. The van der Waals surface area contributed by atoms with E-state index in [1.807, 2.05) is 0 Å². The average molecular weight is 425 g/mol. The lowest BCUT2D eigenvalue weighted by molar-refractivity contribution is -0.462. The van der Waals surface area contributed by atoms with E-state index in [0.29, 0.717) is 0 Å². The predicted molar refractivity (Wildman–Crippen MR) is 142 cm³/mol. The molecule has 0 saturated heterocycles. The monoisotopic (exact) mass is 424 g/mol. The Labute approximate surface area is 193 Å². The van der Waals surface area contributed by atoms with Gasteiger partial charge in [-0.3, -0.25) is 0 Å². The van der Waals surface area contributed by atoms with Gasteiger partial charge in [-0.1, -0.05) is 48.6 Å². The lowest BCUT2D eigenvalue weighted by Crippen LogP contribution is -2.10. The first-order valence-electron chi connectivity index (χ1n) is 10.9. The third-order valence-electron chi connectivity index (χ3n) is 5.46. The number of nitrogens with zero attached hydrogens (tertiary/aromatic N) is 3. The molecule has 2 aromatic rings. The Hall–Kier alpha value is -3.59. The summed E-state index contributed by atoms with van der Waals surface area (Å²) in [6, 6.07) is 17.3. The van der Waals surface area contributed by atoms with Crippen LogP contribution >= 0.6 is 0 Å². The van der Waals surface area contributed by atoms with E-state index in [0.717, 1.165) is 0 Å². The molecule has 0 aliphatic heterocycles. The van der Waals surface area contributed by atoms with Gasteiger partial charge in [0.15, 0.2) is 5.71 Å². The summed E-state index contributed by atoms with van der Waals surface area (Å²) in [4.78, 5) is 4.23. The van der Waals surface area contributed by atoms with E-state index in [9.17, 15) is 0 Å². The van der Waals surface area contributed by atoms with E-state index >= 15 is 0 Å². The van der Waals surface area contributed by atoms with Crippen molar-refractivity contribution in [1.82, 2.24) is 0 Å². The molecule has 3 heteroatoms. The van der Waals surface area contributed by atoms with Crippen LogP contribution in [-0.2, 0) is 0 Å². The van der Waals surface area contributed by atoms with Crippen molar-refractivity contribution in [3.8, 4) is 0 Å².